The Bertz CT molecular complexity index is 490. The van der Waals surface area contributed by atoms with E-state index >= 15 is 0 Å². The minimum atomic E-state index is -1.61. The lowest BCUT2D eigenvalue weighted by molar-refractivity contribution is -0.189. The van der Waals surface area contributed by atoms with Crippen LogP contribution in [0.2, 0.25) is 0 Å². The van der Waals surface area contributed by atoms with Crippen LogP contribution in [0.1, 0.15) is 12.5 Å². The van der Waals surface area contributed by atoms with Gasteiger partial charge in [0.25, 0.3) is 0 Å². The fraction of sp³-hybridized carbons (Fsp3) is 0.250. The molecule has 0 saturated heterocycles. The molecule has 0 heterocycles. The number of ether oxygens (including phenoxy) is 1. The fourth-order valence-corrected chi connectivity index (χ4v) is 1.55. The molecule has 0 fully saturated rings. The molecule has 5 nitrogen and oxygen atoms in total. The Kier molecular flexibility index (Phi) is 5.40. The molecule has 1 atom stereocenters. The normalized spacial score (nSPS) is 13.1. The lowest BCUT2D eigenvalue weighted by atomic mass is 10.1. The lowest BCUT2D eigenvalue weighted by Crippen LogP contribution is -2.27. The smallest absolute Gasteiger partial charge is 0.409 e. The molecule has 0 aliphatic heterocycles. The van der Waals surface area contributed by atoms with Crippen molar-refractivity contribution in [3.8, 4) is 9.85 Å². The number of carboxylic acid groups (broad SMARTS) is 1. The molecule has 1 aromatic carbocycles. The van der Waals surface area contributed by atoms with Crippen molar-refractivity contribution in [2.45, 2.75) is 12.7 Å². The predicted octanol–water partition coefficient (Wildman–Crippen LogP) is 2.35. The van der Waals surface area contributed by atoms with Crippen LogP contribution < -0.4 is 5.32 Å². The number of benzene rings is 1. The minimum absolute atomic E-state index is 0.0529. The van der Waals surface area contributed by atoms with E-state index in [1.807, 2.05) is 22.6 Å². The van der Waals surface area contributed by atoms with Crippen LogP contribution in [-0.4, -0.2) is 22.9 Å². The Labute approximate surface area is 118 Å². The number of hydrogen-bond acceptors (Lipinski definition) is 3. The Morgan fingerprint density at radius 3 is 2.83 bits per heavy atom. The maximum absolute atomic E-state index is 10.7. The average molecular weight is 361 g/mol. The third kappa shape index (κ3) is 4.18. The molecule has 0 bridgehead atoms. The summed E-state index contributed by atoms with van der Waals surface area (Å²) in [6.07, 6.45) is -1.20. The molecule has 0 aliphatic rings. The average Bonchev–Trinajstić information content (AvgIpc) is 2.29. The van der Waals surface area contributed by atoms with Crippen molar-refractivity contribution in [2.24, 2.45) is 0 Å². The molecule has 18 heavy (non-hydrogen) atoms. The van der Waals surface area contributed by atoms with Gasteiger partial charge in [0.15, 0.2) is 5.79 Å². The van der Waals surface area contributed by atoms with E-state index in [2.05, 4.69) is 15.2 Å². The highest BCUT2D eigenvalue weighted by Gasteiger charge is 2.27. The predicted molar refractivity (Wildman–Crippen MR) is 75.4 cm³/mol. The van der Waals surface area contributed by atoms with Gasteiger partial charge in [0.1, 0.15) is 6.61 Å². The molecule has 0 aliphatic carbocycles. The van der Waals surface area contributed by atoms with E-state index in [4.69, 9.17) is 9.84 Å². The van der Waals surface area contributed by atoms with Gasteiger partial charge in [-0.1, -0.05) is 24.1 Å². The molecule has 1 amide bonds. The molecule has 6 heteroatoms. The largest absolute Gasteiger partial charge is 0.465 e. The molecular weight excluding hydrogens is 349 g/mol. The van der Waals surface area contributed by atoms with Crippen LogP contribution in [0.25, 0.3) is 0 Å². The number of hydrogen-bond donors (Lipinski definition) is 3. The van der Waals surface area contributed by atoms with Gasteiger partial charge >= 0.3 is 6.09 Å². The SMILES string of the molecule is CC(O)(OCC#CI)c1ccccc1NC(=O)O. The number of para-hydroxylation sites is 1. The van der Waals surface area contributed by atoms with E-state index < -0.39 is 11.9 Å². The van der Waals surface area contributed by atoms with E-state index in [-0.39, 0.29) is 12.3 Å². The van der Waals surface area contributed by atoms with Gasteiger partial charge in [-0.05, 0) is 16.9 Å². The van der Waals surface area contributed by atoms with Crippen LogP contribution >= 0.6 is 22.6 Å². The molecule has 1 aromatic rings. The highest BCUT2D eigenvalue weighted by molar-refractivity contribution is 14.1. The lowest BCUT2D eigenvalue weighted by Gasteiger charge is -2.25. The molecule has 0 saturated carbocycles. The van der Waals surface area contributed by atoms with Crippen LogP contribution in [-0.2, 0) is 10.5 Å². The van der Waals surface area contributed by atoms with Crippen LogP contribution in [0.5, 0.6) is 0 Å². The number of rotatable bonds is 4. The summed E-state index contributed by atoms with van der Waals surface area (Å²) in [5.41, 5.74) is 0.611. The summed E-state index contributed by atoms with van der Waals surface area (Å²) in [4.78, 5) is 10.7. The van der Waals surface area contributed by atoms with Gasteiger partial charge in [-0.15, -0.1) is 0 Å². The first-order valence-corrected chi connectivity index (χ1v) is 6.09. The van der Waals surface area contributed by atoms with Gasteiger partial charge in [-0.25, -0.2) is 4.79 Å². The van der Waals surface area contributed by atoms with E-state index in [1.165, 1.54) is 6.92 Å². The Hall–Kier alpha value is -1.30. The molecule has 0 aromatic heterocycles. The van der Waals surface area contributed by atoms with Crippen molar-refractivity contribution >= 4 is 34.4 Å². The van der Waals surface area contributed by atoms with E-state index in [1.54, 1.807) is 24.3 Å². The maximum atomic E-state index is 10.7. The van der Waals surface area contributed by atoms with E-state index in [0.717, 1.165) is 0 Å². The zero-order chi connectivity index (χ0) is 13.6. The van der Waals surface area contributed by atoms with Crippen molar-refractivity contribution in [2.75, 3.05) is 11.9 Å². The molecule has 96 valence electrons. The number of aliphatic hydroxyl groups is 1. The summed E-state index contributed by atoms with van der Waals surface area (Å²) < 4.78 is 7.84. The number of carbonyl (C=O) groups is 1. The Balaban J connectivity index is 2.97. The summed E-state index contributed by atoms with van der Waals surface area (Å²) in [5.74, 6) is 1.04. The summed E-state index contributed by atoms with van der Waals surface area (Å²) in [6, 6.07) is 6.48. The van der Waals surface area contributed by atoms with Crippen LogP contribution in [0.4, 0.5) is 10.5 Å². The van der Waals surface area contributed by atoms with Crippen molar-refractivity contribution in [1.82, 2.24) is 0 Å². The Morgan fingerprint density at radius 2 is 2.22 bits per heavy atom. The standard InChI is InChI=1S/C12H12INO4/c1-12(17,18-8-4-7-13)9-5-2-3-6-10(9)14-11(15)16/h2-3,5-6,14,17H,8H2,1H3,(H,15,16). The highest BCUT2D eigenvalue weighted by atomic mass is 127. The van der Waals surface area contributed by atoms with Gasteiger partial charge < -0.3 is 14.9 Å². The zero-order valence-electron chi connectivity index (χ0n) is 9.61. The second-order valence-corrected chi connectivity index (χ2v) is 4.06. The summed E-state index contributed by atoms with van der Waals surface area (Å²) in [7, 11) is 0. The first kappa shape index (κ1) is 14.8. The molecule has 0 spiro atoms. The van der Waals surface area contributed by atoms with Gasteiger partial charge in [0, 0.05) is 28.2 Å². The van der Waals surface area contributed by atoms with Crippen LogP contribution in [0, 0.1) is 9.85 Å². The number of amides is 1. The highest BCUT2D eigenvalue weighted by Crippen LogP contribution is 2.28. The van der Waals surface area contributed by atoms with Gasteiger partial charge in [0.05, 0.1) is 5.69 Å². The summed E-state index contributed by atoms with van der Waals surface area (Å²) >= 11 is 1.86. The summed E-state index contributed by atoms with van der Waals surface area (Å²) in [5, 5.41) is 21.1. The Morgan fingerprint density at radius 1 is 1.56 bits per heavy atom. The molecule has 3 N–H and O–H groups in total. The van der Waals surface area contributed by atoms with Crippen molar-refractivity contribution in [3.63, 3.8) is 0 Å². The summed E-state index contributed by atoms with van der Waals surface area (Å²) in [6.45, 7) is 1.49. The number of halogens is 1. The first-order chi connectivity index (χ1) is 8.47. The van der Waals surface area contributed by atoms with Gasteiger partial charge in [0.2, 0.25) is 0 Å². The number of nitrogens with one attached hydrogen (secondary N) is 1. The first-order valence-electron chi connectivity index (χ1n) is 5.01. The third-order valence-corrected chi connectivity index (χ3v) is 2.54. The van der Waals surface area contributed by atoms with Crippen molar-refractivity contribution < 1.29 is 19.7 Å². The van der Waals surface area contributed by atoms with Gasteiger partial charge in [-0.3, -0.25) is 5.32 Å². The molecular formula is C12H12INO4. The van der Waals surface area contributed by atoms with Crippen molar-refractivity contribution in [3.05, 3.63) is 29.8 Å². The second kappa shape index (κ2) is 6.58. The van der Waals surface area contributed by atoms with Crippen molar-refractivity contribution in [1.29, 1.82) is 0 Å². The van der Waals surface area contributed by atoms with Crippen LogP contribution in [0.3, 0.4) is 0 Å². The van der Waals surface area contributed by atoms with E-state index in [0.29, 0.717) is 5.56 Å². The van der Waals surface area contributed by atoms with Crippen LogP contribution in [0.15, 0.2) is 24.3 Å². The molecule has 0 radical (unpaired) electrons. The monoisotopic (exact) mass is 361 g/mol. The number of anilines is 1. The zero-order valence-corrected chi connectivity index (χ0v) is 11.8. The maximum Gasteiger partial charge on any atom is 0.409 e. The second-order valence-electron chi connectivity index (χ2n) is 3.52. The van der Waals surface area contributed by atoms with Gasteiger partial charge in [-0.2, -0.15) is 0 Å². The fourth-order valence-electron chi connectivity index (χ4n) is 1.39. The topological polar surface area (TPSA) is 78.8 Å². The molecule has 1 rings (SSSR count). The third-order valence-electron chi connectivity index (χ3n) is 2.16. The minimum Gasteiger partial charge on any atom is -0.465 e. The quantitative estimate of drug-likeness (QED) is 0.437. The van der Waals surface area contributed by atoms with E-state index in [9.17, 15) is 9.90 Å². The molecule has 1 unspecified atom stereocenters.